The Kier molecular flexibility index (Phi) is 5.41. The summed E-state index contributed by atoms with van der Waals surface area (Å²) in [4.78, 5) is 35.1. The molecule has 0 aliphatic rings. The Morgan fingerprint density at radius 1 is 1.08 bits per heavy atom. The Bertz CT molecular complexity index is 747. The molecule has 0 saturated carbocycles. The Morgan fingerprint density at radius 3 is 2.25 bits per heavy atom. The van der Waals surface area contributed by atoms with E-state index in [1.54, 1.807) is 26.0 Å². The van der Waals surface area contributed by atoms with Crippen LogP contribution in [0, 0.1) is 0 Å². The Morgan fingerprint density at radius 2 is 1.71 bits per heavy atom. The van der Waals surface area contributed by atoms with E-state index in [4.69, 9.17) is 19.3 Å². The van der Waals surface area contributed by atoms with Gasteiger partial charge in [-0.15, -0.1) is 0 Å². The van der Waals surface area contributed by atoms with Crippen LogP contribution in [0.15, 0.2) is 30.5 Å². The van der Waals surface area contributed by atoms with Gasteiger partial charge < -0.3 is 19.3 Å². The minimum atomic E-state index is -1.58. The number of hydrogen-bond donors (Lipinski definition) is 1. The molecule has 2 rings (SSSR count). The summed E-state index contributed by atoms with van der Waals surface area (Å²) in [6.45, 7) is 3.37. The second-order valence-corrected chi connectivity index (χ2v) is 4.66. The average molecular weight is 335 g/mol. The first-order valence-electron chi connectivity index (χ1n) is 7.32. The molecule has 0 atom stereocenters. The maximum atomic E-state index is 12.0. The van der Waals surface area contributed by atoms with Gasteiger partial charge >= 0.3 is 18.0 Å². The third-order valence-electron chi connectivity index (χ3n) is 3.15. The first-order valence-corrected chi connectivity index (χ1v) is 7.32. The van der Waals surface area contributed by atoms with Crippen LogP contribution in [0.5, 0.6) is 5.75 Å². The molecule has 1 aromatic carbocycles. The van der Waals surface area contributed by atoms with Crippen LogP contribution < -0.4 is 4.74 Å². The molecule has 1 heterocycles. The van der Waals surface area contributed by atoms with E-state index in [2.05, 4.69) is 0 Å². The molecule has 0 fully saturated rings. The number of nitrogens with zero attached hydrogens (tertiary/aromatic N) is 1. The predicted molar refractivity (Wildman–Crippen MR) is 83.0 cm³/mol. The molecular weight excluding hydrogens is 318 g/mol. The number of fused-ring (bicyclic) bond motifs is 1. The fraction of sp³-hybridized carbons (Fsp3) is 0.312. The standard InChI is InChI=1S/C16H17NO7/c1-3-22-14(18)13(15(19)23-4-2)24-12-7-5-6-11-10(12)8-9-17(11)16(20)21/h5-9,13H,3-4H2,1-2H3,(H,20,21). The molecule has 0 radical (unpaired) electrons. The van der Waals surface area contributed by atoms with Gasteiger partial charge in [-0.3, -0.25) is 4.57 Å². The fourth-order valence-corrected chi connectivity index (χ4v) is 2.16. The number of hydrogen-bond acceptors (Lipinski definition) is 6. The van der Waals surface area contributed by atoms with Gasteiger partial charge in [0.1, 0.15) is 5.75 Å². The Hall–Kier alpha value is -3.03. The molecule has 0 aliphatic heterocycles. The first-order chi connectivity index (χ1) is 11.5. The average Bonchev–Trinajstić information content (AvgIpc) is 2.97. The van der Waals surface area contributed by atoms with E-state index in [-0.39, 0.29) is 19.0 Å². The van der Waals surface area contributed by atoms with E-state index >= 15 is 0 Å². The van der Waals surface area contributed by atoms with Gasteiger partial charge in [0.15, 0.2) is 0 Å². The molecule has 24 heavy (non-hydrogen) atoms. The summed E-state index contributed by atoms with van der Waals surface area (Å²) in [5.41, 5.74) is 0.367. The lowest BCUT2D eigenvalue weighted by Gasteiger charge is -2.16. The molecule has 8 nitrogen and oxygen atoms in total. The number of ether oxygens (including phenoxy) is 3. The second-order valence-electron chi connectivity index (χ2n) is 4.66. The van der Waals surface area contributed by atoms with Crippen LogP contribution in [0.25, 0.3) is 10.9 Å². The van der Waals surface area contributed by atoms with Crippen LogP contribution in [0.3, 0.4) is 0 Å². The topological polar surface area (TPSA) is 104 Å². The summed E-state index contributed by atoms with van der Waals surface area (Å²) in [5, 5.41) is 9.58. The molecule has 0 unspecified atom stereocenters. The molecule has 8 heteroatoms. The van der Waals surface area contributed by atoms with E-state index in [9.17, 15) is 14.4 Å². The molecule has 0 spiro atoms. The van der Waals surface area contributed by atoms with Crippen molar-refractivity contribution in [3.63, 3.8) is 0 Å². The number of rotatable bonds is 6. The van der Waals surface area contributed by atoms with Gasteiger partial charge in [0.25, 0.3) is 6.10 Å². The normalized spacial score (nSPS) is 10.6. The van der Waals surface area contributed by atoms with Crippen molar-refractivity contribution in [1.29, 1.82) is 0 Å². The Labute approximate surface area is 137 Å². The van der Waals surface area contributed by atoms with Gasteiger partial charge in [0.05, 0.1) is 18.7 Å². The molecular formula is C16H17NO7. The largest absolute Gasteiger partial charge is 0.466 e. The molecule has 0 saturated heterocycles. The highest BCUT2D eigenvalue weighted by Gasteiger charge is 2.32. The number of carbonyl (C=O) groups excluding carboxylic acids is 2. The number of carbonyl (C=O) groups is 3. The maximum Gasteiger partial charge on any atom is 0.416 e. The summed E-state index contributed by atoms with van der Waals surface area (Å²) in [6.07, 6.45) is -1.39. The first kappa shape index (κ1) is 17.3. The van der Waals surface area contributed by atoms with Gasteiger partial charge in [-0.05, 0) is 32.0 Å². The van der Waals surface area contributed by atoms with Crippen molar-refractivity contribution >= 4 is 28.9 Å². The minimum Gasteiger partial charge on any atom is -0.466 e. The molecule has 0 aliphatic carbocycles. The van der Waals surface area contributed by atoms with Crippen molar-refractivity contribution in [2.45, 2.75) is 20.0 Å². The third kappa shape index (κ3) is 3.48. The smallest absolute Gasteiger partial charge is 0.416 e. The van der Waals surface area contributed by atoms with E-state index in [0.29, 0.717) is 10.9 Å². The molecule has 1 N–H and O–H groups in total. The van der Waals surface area contributed by atoms with Crippen LogP contribution in [0.4, 0.5) is 4.79 Å². The quantitative estimate of drug-likeness (QED) is 0.636. The van der Waals surface area contributed by atoms with E-state index in [1.165, 1.54) is 18.3 Å². The molecule has 0 amide bonds. The number of esters is 2. The van der Waals surface area contributed by atoms with E-state index < -0.39 is 24.1 Å². The van der Waals surface area contributed by atoms with Crippen molar-refractivity contribution < 1.29 is 33.7 Å². The van der Waals surface area contributed by atoms with Crippen LogP contribution >= 0.6 is 0 Å². The highest BCUT2D eigenvalue weighted by molar-refractivity contribution is 5.99. The van der Waals surface area contributed by atoms with Gasteiger partial charge in [-0.1, -0.05) is 6.07 Å². The second kappa shape index (κ2) is 7.49. The lowest BCUT2D eigenvalue weighted by atomic mass is 10.2. The molecule has 1 aromatic heterocycles. The van der Waals surface area contributed by atoms with Crippen molar-refractivity contribution in [3.05, 3.63) is 30.5 Å². The fourth-order valence-electron chi connectivity index (χ4n) is 2.16. The van der Waals surface area contributed by atoms with Crippen LogP contribution in [-0.2, 0) is 19.1 Å². The molecule has 128 valence electrons. The summed E-state index contributed by atoms with van der Waals surface area (Å²) in [6, 6.07) is 6.19. The highest BCUT2D eigenvalue weighted by Crippen LogP contribution is 2.27. The minimum absolute atomic E-state index is 0.0810. The Balaban J connectivity index is 2.38. The van der Waals surface area contributed by atoms with Crippen molar-refractivity contribution in [2.75, 3.05) is 13.2 Å². The van der Waals surface area contributed by atoms with Crippen LogP contribution in [-0.4, -0.2) is 47.0 Å². The number of aromatic nitrogens is 1. The van der Waals surface area contributed by atoms with Crippen LogP contribution in [0.2, 0.25) is 0 Å². The number of carboxylic acid groups (broad SMARTS) is 1. The monoisotopic (exact) mass is 335 g/mol. The van der Waals surface area contributed by atoms with Crippen molar-refractivity contribution in [3.8, 4) is 5.75 Å². The van der Waals surface area contributed by atoms with Crippen molar-refractivity contribution in [1.82, 2.24) is 4.57 Å². The van der Waals surface area contributed by atoms with Crippen molar-refractivity contribution in [2.24, 2.45) is 0 Å². The zero-order chi connectivity index (χ0) is 17.7. The summed E-state index contributed by atoms with van der Waals surface area (Å²) >= 11 is 0. The molecule has 0 bridgehead atoms. The summed E-state index contributed by atoms with van der Waals surface area (Å²) in [7, 11) is 0. The van der Waals surface area contributed by atoms with E-state index in [0.717, 1.165) is 4.57 Å². The SMILES string of the molecule is CCOC(=O)C(Oc1cccc2c1ccn2C(=O)O)C(=O)OCC. The highest BCUT2D eigenvalue weighted by atomic mass is 16.6. The zero-order valence-electron chi connectivity index (χ0n) is 13.2. The van der Waals surface area contributed by atoms with Gasteiger partial charge in [0, 0.05) is 11.6 Å². The summed E-state index contributed by atoms with van der Waals surface area (Å²) < 4.78 is 16.2. The zero-order valence-corrected chi connectivity index (χ0v) is 13.2. The summed E-state index contributed by atoms with van der Waals surface area (Å²) in [5.74, 6) is -1.56. The van der Waals surface area contributed by atoms with E-state index in [1.807, 2.05) is 0 Å². The van der Waals surface area contributed by atoms with Crippen LogP contribution in [0.1, 0.15) is 13.8 Å². The van der Waals surface area contributed by atoms with Gasteiger partial charge in [-0.2, -0.15) is 0 Å². The lowest BCUT2D eigenvalue weighted by Crippen LogP contribution is -2.38. The van der Waals surface area contributed by atoms with Gasteiger partial charge in [0.2, 0.25) is 0 Å². The lowest BCUT2D eigenvalue weighted by molar-refractivity contribution is -0.166. The maximum absolute atomic E-state index is 12.0. The van der Waals surface area contributed by atoms with Gasteiger partial charge in [-0.25, -0.2) is 14.4 Å². The third-order valence-corrected chi connectivity index (χ3v) is 3.15. The number of benzene rings is 1. The molecule has 2 aromatic rings. The predicted octanol–water partition coefficient (Wildman–Crippen LogP) is 2.04.